The first-order valence-electron chi connectivity index (χ1n) is 7.88. The van der Waals surface area contributed by atoms with Gasteiger partial charge >= 0.3 is 0 Å². The Kier molecular flexibility index (Phi) is 5.11. The maximum atomic E-state index is 12.6. The molecule has 0 aliphatic carbocycles. The highest BCUT2D eigenvalue weighted by molar-refractivity contribution is 6.01. The highest BCUT2D eigenvalue weighted by atomic mass is 16.1. The molecule has 0 radical (unpaired) electrons. The van der Waals surface area contributed by atoms with Crippen molar-refractivity contribution in [1.82, 2.24) is 10.3 Å². The molecule has 4 heteroatoms. The Balaban J connectivity index is 2.05. The number of rotatable bonds is 5. The molecule has 22 heavy (non-hydrogen) atoms. The van der Waals surface area contributed by atoms with Crippen molar-refractivity contribution >= 4 is 11.6 Å². The van der Waals surface area contributed by atoms with Gasteiger partial charge in [0.1, 0.15) is 5.84 Å². The molecular weight excluding hydrogens is 274 g/mol. The van der Waals surface area contributed by atoms with Gasteiger partial charge in [0.2, 0.25) is 0 Å². The molecule has 1 aromatic heterocycles. The van der Waals surface area contributed by atoms with Gasteiger partial charge in [-0.25, -0.2) is 0 Å². The Morgan fingerprint density at radius 3 is 2.77 bits per heavy atom. The highest BCUT2D eigenvalue weighted by Crippen LogP contribution is 2.25. The van der Waals surface area contributed by atoms with Crippen molar-refractivity contribution < 1.29 is 4.79 Å². The number of allylic oxidation sites excluding steroid dienone is 1. The van der Waals surface area contributed by atoms with Crippen LogP contribution < -0.4 is 5.32 Å². The van der Waals surface area contributed by atoms with E-state index in [1.165, 1.54) is 0 Å². The third kappa shape index (κ3) is 4.26. The predicted octanol–water partition coefficient (Wildman–Crippen LogP) is 3.29. The molecule has 4 nitrogen and oxygen atoms in total. The van der Waals surface area contributed by atoms with Gasteiger partial charge in [0.25, 0.3) is 0 Å². The van der Waals surface area contributed by atoms with Gasteiger partial charge in [0.05, 0.1) is 5.54 Å². The summed E-state index contributed by atoms with van der Waals surface area (Å²) in [5.41, 5.74) is 1.40. The van der Waals surface area contributed by atoms with Gasteiger partial charge < -0.3 is 5.32 Å². The van der Waals surface area contributed by atoms with Crippen molar-refractivity contribution in [2.24, 2.45) is 5.92 Å². The third-order valence-corrected chi connectivity index (χ3v) is 4.01. The van der Waals surface area contributed by atoms with Gasteiger partial charge in [-0.2, -0.15) is 0 Å². The van der Waals surface area contributed by atoms with Gasteiger partial charge in [-0.3, -0.25) is 15.2 Å². The molecule has 118 valence electrons. The fourth-order valence-corrected chi connectivity index (χ4v) is 3.04. The molecule has 1 aliphatic rings. The number of carbonyl (C=O) groups is 1. The van der Waals surface area contributed by atoms with E-state index in [4.69, 9.17) is 5.41 Å². The predicted molar refractivity (Wildman–Crippen MR) is 89.0 cm³/mol. The summed E-state index contributed by atoms with van der Waals surface area (Å²) in [7, 11) is 0. The van der Waals surface area contributed by atoms with Crippen molar-refractivity contribution in [3.05, 3.63) is 41.7 Å². The lowest BCUT2D eigenvalue weighted by molar-refractivity contribution is -0.124. The Morgan fingerprint density at radius 1 is 1.36 bits per heavy atom. The molecule has 2 heterocycles. The molecule has 2 N–H and O–H groups in total. The van der Waals surface area contributed by atoms with Crippen LogP contribution in [0, 0.1) is 11.3 Å². The summed E-state index contributed by atoms with van der Waals surface area (Å²) in [6.45, 7) is 6.12. The molecule has 1 aromatic rings. The maximum absolute atomic E-state index is 12.6. The highest BCUT2D eigenvalue weighted by Gasteiger charge is 2.35. The maximum Gasteiger partial charge on any atom is 0.161 e. The fraction of sp³-hybridized carbons (Fsp3) is 0.500. The zero-order valence-corrected chi connectivity index (χ0v) is 13.6. The van der Waals surface area contributed by atoms with Crippen LogP contribution in [0.2, 0.25) is 0 Å². The molecule has 0 amide bonds. The summed E-state index contributed by atoms with van der Waals surface area (Å²) in [5.74, 6) is 0.921. The number of aromatic nitrogens is 1. The Hall–Kier alpha value is -1.97. The van der Waals surface area contributed by atoms with Crippen molar-refractivity contribution in [3.63, 3.8) is 0 Å². The molecule has 1 aliphatic heterocycles. The number of pyridine rings is 1. The summed E-state index contributed by atoms with van der Waals surface area (Å²) < 4.78 is 0. The van der Waals surface area contributed by atoms with E-state index in [2.05, 4.69) is 24.1 Å². The van der Waals surface area contributed by atoms with Crippen LogP contribution >= 0.6 is 0 Å². The van der Waals surface area contributed by atoms with E-state index in [0.717, 1.165) is 30.5 Å². The molecule has 0 saturated heterocycles. The number of nitrogens with one attached hydrogen (secondary N) is 2. The summed E-state index contributed by atoms with van der Waals surface area (Å²) >= 11 is 0. The fourth-order valence-electron chi connectivity index (χ4n) is 3.04. The van der Waals surface area contributed by atoms with Gasteiger partial charge in [0, 0.05) is 18.3 Å². The van der Waals surface area contributed by atoms with Gasteiger partial charge in [-0.15, -0.1) is 0 Å². The second-order valence-corrected chi connectivity index (χ2v) is 6.69. The van der Waals surface area contributed by atoms with Crippen LogP contribution in [-0.2, 0) is 11.2 Å². The Morgan fingerprint density at radius 2 is 2.14 bits per heavy atom. The zero-order valence-electron chi connectivity index (χ0n) is 13.6. The lowest BCUT2D eigenvalue weighted by Crippen LogP contribution is -2.51. The van der Waals surface area contributed by atoms with Crippen LogP contribution in [-0.4, -0.2) is 22.1 Å². The van der Waals surface area contributed by atoms with Crippen LogP contribution in [0.25, 0.3) is 0 Å². The average molecular weight is 299 g/mol. The smallest absolute Gasteiger partial charge is 0.161 e. The first kappa shape index (κ1) is 16.4. The van der Waals surface area contributed by atoms with Crippen LogP contribution in [0.1, 0.15) is 45.7 Å². The Bertz CT molecular complexity index is 577. The SMILES string of the molecule is CC(C)CC1(C)NC(=N)C=C(CCc2ccccn2)CC1=O. The molecule has 0 aromatic carbocycles. The number of amidine groups is 1. The van der Waals surface area contributed by atoms with Crippen molar-refractivity contribution in [2.45, 2.75) is 52.0 Å². The summed E-state index contributed by atoms with van der Waals surface area (Å²) in [5, 5.41) is 11.2. The molecule has 0 bridgehead atoms. The number of hydrogen-bond acceptors (Lipinski definition) is 3. The first-order chi connectivity index (χ1) is 10.4. The molecule has 1 unspecified atom stereocenters. The number of ketones is 1. The third-order valence-electron chi connectivity index (χ3n) is 4.01. The van der Waals surface area contributed by atoms with E-state index in [9.17, 15) is 4.79 Å². The van der Waals surface area contributed by atoms with E-state index in [0.29, 0.717) is 18.2 Å². The van der Waals surface area contributed by atoms with E-state index in [-0.39, 0.29) is 5.78 Å². The topological polar surface area (TPSA) is 65.8 Å². The first-order valence-corrected chi connectivity index (χ1v) is 7.88. The molecule has 0 saturated carbocycles. The zero-order chi connectivity index (χ0) is 16.2. The molecule has 1 atom stereocenters. The monoisotopic (exact) mass is 299 g/mol. The van der Waals surface area contributed by atoms with E-state index >= 15 is 0 Å². The van der Waals surface area contributed by atoms with E-state index < -0.39 is 5.54 Å². The standard InChI is InChI=1S/C18H25N3O/c1-13(2)12-18(3)16(22)10-14(11-17(19)21-18)7-8-15-6-4-5-9-20-15/h4-6,9,11,13H,7-8,10,12H2,1-3H3,(H2,19,21). The van der Waals surface area contributed by atoms with Crippen LogP contribution in [0.3, 0.4) is 0 Å². The van der Waals surface area contributed by atoms with Crippen LogP contribution in [0.15, 0.2) is 36.0 Å². The summed E-state index contributed by atoms with van der Waals surface area (Å²) in [6.07, 6.45) is 6.33. The van der Waals surface area contributed by atoms with Gasteiger partial charge in [0.15, 0.2) is 5.78 Å². The lowest BCUT2D eigenvalue weighted by atomic mass is 9.84. The van der Waals surface area contributed by atoms with Crippen molar-refractivity contribution in [1.29, 1.82) is 5.41 Å². The largest absolute Gasteiger partial charge is 0.358 e. The summed E-state index contributed by atoms with van der Waals surface area (Å²) in [4.78, 5) is 16.9. The number of hydrogen-bond donors (Lipinski definition) is 2. The minimum atomic E-state index is -0.630. The van der Waals surface area contributed by atoms with Crippen LogP contribution in [0.5, 0.6) is 0 Å². The second kappa shape index (κ2) is 6.86. The van der Waals surface area contributed by atoms with Crippen LogP contribution in [0.4, 0.5) is 0 Å². The molecule has 2 rings (SSSR count). The number of aryl methyl sites for hydroxylation is 1. The normalized spacial score (nSPS) is 22.3. The molecule has 0 fully saturated rings. The quantitative estimate of drug-likeness (QED) is 0.877. The molecular formula is C18H25N3O. The van der Waals surface area contributed by atoms with Crippen molar-refractivity contribution in [3.8, 4) is 0 Å². The second-order valence-electron chi connectivity index (χ2n) is 6.69. The molecule has 0 spiro atoms. The average Bonchev–Trinajstić information content (AvgIpc) is 2.54. The van der Waals surface area contributed by atoms with Gasteiger partial charge in [-0.05, 0) is 50.3 Å². The van der Waals surface area contributed by atoms with Crippen molar-refractivity contribution in [2.75, 3.05) is 0 Å². The lowest BCUT2D eigenvalue weighted by Gasteiger charge is -2.30. The summed E-state index contributed by atoms with van der Waals surface area (Å²) in [6, 6.07) is 5.86. The Labute approximate surface area is 132 Å². The minimum absolute atomic E-state index is 0.177. The van der Waals surface area contributed by atoms with E-state index in [1.807, 2.05) is 31.2 Å². The van der Waals surface area contributed by atoms with Gasteiger partial charge in [-0.1, -0.05) is 25.5 Å². The number of carbonyl (C=O) groups excluding carboxylic acids is 1. The number of Topliss-reactive ketones (excluding diaryl/α,β-unsaturated/α-hetero) is 1. The minimum Gasteiger partial charge on any atom is -0.358 e. The number of nitrogens with zero attached hydrogens (tertiary/aromatic N) is 1. The van der Waals surface area contributed by atoms with E-state index in [1.54, 1.807) is 6.20 Å².